The molecule has 126 valence electrons. The molecule has 1 aromatic heterocycles. The van der Waals surface area contributed by atoms with Gasteiger partial charge in [0.2, 0.25) is 11.9 Å². The molecule has 2 aromatic carbocycles. The van der Waals surface area contributed by atoms with Crippen molar-refractivity contribution < 1.29 is 9.90 Å². The molecule has 3 aromatic rings. The van der Waals surface area contributed by atoms with Gasteiger partial charge in [-0.2, -0.15) is 4.98 Å². The van der Waals surface area contributed by atoms with Crippen molar-refractivity contribution in [3.8, 4) is 0 Å². The van der Waals surface area contributed by atoms with Crippen LogP contribution in [0.4, 0.5) is 23.3 Å². The molecule has 0 aliphatic heterocycles. The molecule has 0 aliphatic rings. The lowest BCUT2D eigenvalue weighted by atomic mass is 10.1. The molecule has 0 saturated heterocycles. The fourth-order valence-electron chi connectivity index (χ4n) is 2.17. The van der Waals surface area contributed by atoms with Gasteiger partial charge in [-0.1, -0.05) is 34.1 Å². The van der Waals surface area contributed by atoms with E-state index in [2.05, 4.69) is 41.5 Å². The Morgan fingerprint density at radius 1 is 1.00 bits per heavy atom. The van der Waals surface area contributed by atoms with Gasteiger partial charge in [-0.3, -0.25) is 4.79 Å². The van der Waals surface area contributed by atoms with Crippen LogP contribution in [0.15, 0.2) is 59.3 Å². The van der Waals surface area contributed by atoms with Gasteiger partial charge in [0.05, 0.1) is 6.42 Å². The number of rotatable bonds is 6. The number of aliphatic carboxylic acids is 1. The third kappa shape index (κ3) is 4.98. The smallest absolute Gasteiger partial charge is 0.307 e. The first-order valence-corrected chi connectivity index (χ1v) is 8.17. The maximum atomic E-state index is 10.8. The molecule has 0 unspecified atom stereocenters. The minimum atomic E-state index is -0.877. The Balaban J connectivity index is 1.74. The Hall–Kier alpha value is -3.00. The van der Waals surface area contributed by atoms with E-state index < -0.39 is 5.97 Å². The lowest BCUT2D eigenvalue weighted by Gasteiger charge is -2.08. The highest BCUT2D eigenvalue weighted by Crippen LogP contribution is 2.20. The standard InChI is InChI=1S/C17H14BrN5O2/c18-12-4-2-6-14(9-12)22-17-20-10-19-16(23-17)21-13-5-1-3-11(7-13)8-15(24)25/h1-7,9-10H,8H2,(H,24,25)(H2,19,20,21,22,23). The maximum Gasteiger partial charge on any atom is 0.307 e. The molecule has 3 rings (SSSR count). The summed E-state index contributed by atoms with van der Waals surface area (Å²) in [5.74, 6) is -0.116. The second kappa shape index (κ2) is 7.71. The Morgan fingerprint density at radius 2 is 1.64 bits per heavy atom. The van der Waals surface area contributed by atoms with Crippen LogP contribution in [0, 0.1) is 0 Å². The van der Waals surface area contributed by atoms with Crippen LogP contribution >= 0.6 is 15.9 Å². The van der Waals surface area contributed by atoms with Gasteiger partial charge in [-0.15, -0.1) is 0 Å². The molecule has 0 saturated carbocycles. The third-order valence-corrected chi connectivity index (χ3v) is 3.68. The molecule has 25 heavy (non-hydrogen) atoms. The quantitative estimate of drug-likeness (QED) is 0.580. The Kier molecular flexibility index (Phi) is 5.20. The van der Waals surface area contributed by atoms with Crippen molar-refractivity contribution in [1.82, 2.24) is 15.0 Å². The Labute approximate surface area is 152 Å². The molecule has 8 heteroatoms. The van der Waals surface area contributed by atoms with Gasteiger partial charge >= 0.3 is 5.97 Å². The van der Waals surface area contributed by atoms with E-state index in [0.717, 1.165) is 10.2 Å². The van der Waals surface area contributed by atoms with E-state index in [9.17, 15) is 4.79 Å². The lowest BCUT2D eigenvalue weighted by molar-refractivity contribution is -0.136. The van der Waals surface area contributed by atoms with Crippen LogP contribution < -0.4 is 10.6 Å². The van der Waals surface area contributed by atoms with Crippen LogP contribution in [0.25, 0.3) is 0 Å². The number of carboxylic acid groups (broad SMARTS) is 1. The number of anilines is 4. The summed E-state index contributed by atoms with van der Waals surface area (Å²) in [4.78, 5) is 23.3. The highest BCUT2D eigenvalue weighted by atomic mass is 79.9. The Morgan fingerprint density at radius 3 is 2.28 bits per heavy atom. The van der Waals surface area contributed by atoms with Crippen molar-refractivity contribution in [2.45, 2.75) is 6.42 Å². The van der Waals surface area contributed by atoms with E-state index in [1.54, 1.807) is 18.2 Å². The van der Waals surface area contributed by atoms with Crippen molar-refractivity contribution in [1.29, 1.82) is 0 Å². The van der Waals surface area contributed by atoms with Gasteiger partial charge in [0.25, 0.3) is 0 Å². The zero-order chi connectivity index (χ0) is 17.6. The fraction of sp³-hybridized carbons (Fsp3) is 0.0588. The minimum Gasteiger partial charge on any atom is -0.481 e. The summed E-state index contributed by atoms with van der Waals surface area (Å²) < 4.78 is 0.945. The van der Waals surface area contributed by atoms with E-state index in [4.69, 9.17) is 5.11 Å². The molecule has 0 spiro atoms. The first-order valence-electron chi connectivity index (χ1n) is 7.38. The summed E-state index contributed by atoms with van der Waals surface area (Å²) >= 11 is 3.41. The van der Waals surface area contributed by atoms with Gasteiger partial charge in [0.15, 0.2) is 0 Å². The summed E-state index contributed by atoms with van der Waals surface area (Å²) in [6.45, 7) is 0. The predicted octanol–water partition coefficient (Wildman–Crippen LogP) is 3.75. The Bertz CT molecular complexity index is 903. The number of nitrogens with one attached hydrogen (secondary N) is 2. The normalized spacial score (nSPS) is 10.3. The van der Waals surface area contributed by atoms with E-state index >= 15 is 0 Å². The average molecular weight is 400 g/mol. The summed E-state index contributed by atoms with van der Waals surface area (Å²) in [5.41, 5.74) is 2.24. The first-order chi connectivity index (χ1) is 12.1. The van der Waals surface area contributed by atoms with Gasteiger partial charge in [0, 0.05) is 15.8 Å². The van der Waals surface area contributed by atoms with Gasteiger partial charge in [-0.05, 0) is 35.9 Å². The monoisotopic (exact) mass is 399 g/mol. The first kappa shape index (κ1) is 16.8. The van der Waals surface area contributed by atoms with Crippen molar-refractivity contribution in [2.75, 3.05) is 10.6 Å². The van der Waals surface area contributed by atoms with E-state index in [0.29, 0.717) is 23.1 Å². The summed E-state index contributed by atoms with van der Waals surface area (Å²) in [6.07, 6.45) is 1.36. The number of aromatic nitrogens is 3. The molecule has 3 N–H and O–H groups in total. The molecular formula is C17H14BrN5O2. The van der Waals surface area contributed by atoms with E-state index in [-0.39, 0.29) is 6.42 Å². The number of carboxylic acids is 1. The second-order valence-electron chi connectivity index (χ2n) is 5.16. The molecule has 0 amide bonds. The molecule has 0 atom stereocenters. The predicted molar refractivity (Wildman–Crippen MR) is 98.3 cm³/mol. The van der Waals surface area contributed by atoms with Gasteiger partial charge in [0.1, 0.15) is 6.33 Å². The summed E-state index contributed by atoms with van der Waals surface area (Å²) in [5, 5.41) is 15.0. The number of benzene rings is 2. The number of halogens is 1. The van der Waals surface area contributed by atoms with Crippen LogP contribution in [-0.2, 0) is 11.2 Å². The van der Waals surface area contributed by atoms with Crippen LogP contribution in [0.5, 0.6) is 0 Å². The van der Waals surface area contributed by atoms with Crippen molar-refractivity contribution in [3.63, 3.8) is 0 Å². The molecule has 1 heterocycles. The SMILES string of the molecule is O=C(O)Cc1cccc(Nc2ncnc(Nc3cccc(Br)c3)n2)c1. The highest BCUT2D eigenvalue weighted by molar-refractivity contribution is 9.10. The maximum absolute atomic E-state index is 10.8. The third-order valence-electron chi connectivity index (χ3n) is 3.19. The van der Waals surface area contributed by atoms with Crippen LogP contribution in [0.3, 0.4) is 0 Å². The zero-order valence-corrected chi connectivity index (χ0v) is 14.6. The number of carbonyl (C=O) groups is 1. The number of hydrogen-bond acceptors (Lipinski definition) is 6. The minimum absolute atomic E-state index is 0.0393. The van der Waals surface area contributed by atoms with Crippen LogP contribution in [0.2, 0.25) is 0 Å². The topological polar surface area (TPSA) is 100 Å². The van der Waals surface area contributed by atoms with Crippen LogP contribution in [-0.4, -0.2) is 26.0 Å². The largest absolute Gasteiger partial charge is 0.481 e. The molecule has 0 radical (unpaired) electrons. The summed E-state index contributed by atoms with van der Waals surface area (Å²) in [6, 6.07) is 14.7. The highest BCUT2D eigenvalue weighted by Gasteiger charge is 2.05. The van der Waals surface area contributed by atoms with Crippen molar-refractivity contribution >= 4 is 45.2 Å². The van der Waals surface area contributed by atoms with E-state index in [1.807, 2.05) is 30.3 Å². The molecule has 0 aliphatic carbocycles. The molecule has 0 fully saturated rings. The van der Waals surface area contributed by atoms with Crippen molar-refractivity contribution in [2.24, 2.45) is 0 Å². The molecule has 0 bridgehead atoms. The lowest BCUT2D eigenvalue weighted by Crippen LogP contribution is -2.04. The number of nitrogens with zero attached hydrogens (tertiary/aromatic N) is 3. The second-order valence-corrected chi connectivity index (χ2v) is 6.08. The van der Waals surface area contributed by atoms with Gasteiger partial charge in [-0.25, -0.2) is 9.97 Å². The van der Waals surface area contributed by atoms with E-state index in [1.165, 1.54) is 6.33 Å². The summed E-state index contributed by atoms with van der Waals surface area (Å²) in [7, 11) is 0. The number of hydrogen-bond donors (Lipinski definition) is 3. The van der Waals surface area contributed by atoms with Crippen LogP contribution in [0.1, 0.15) is 5.56 Å². The fourth-order valence-corrected chi connectivity index (χ4v) is 2.57. The molecule has 7 nitrogen and oxygen atoms in total. The molecular weight excluding hydrogens is 386 g/mol. The zero-order valence-electron chi connectivity index (χ0n) is 13.0. The van der Waals surface area contributed by atoms with Gasteiger partial charge < -0.3 is 15.7 Å². The van der Waals surface area contributed by atoms with Crippen molar-refractivity contribution in [3.05, 3.63) is 64.9 Å². The average Bonchev–Trinajstić information content (AvgIpc) is 2.55.